The van der Waals surface area contributed by atoms with Gasteiger partial charge in [0.1, 0.15) is 5.75 Å². The molecule has 1 amide bonds. The minimum absolute atomic E-state index is 0.107. The predicted octanol–water partition coefficient (Wildman–Crippen LogP) is 3.44. The molecule has 4 nitrogen and oxygen atoms in total. The number of benzene rings is 1. The van der Waals surface area contributed by atoms with Crippen molar-refractivity contribution in [1.82, 2.24) is 4.57 Å². The van der Waals surface area contributed by atoms with Crippen molar-refractivity contribution < 1.29 is 9.53 Å². The quantitative estimate of drug-likeness (QED) is 0.638. The van der Waals surface area contributed by atoms with Crippen LogP contribution in [0.3, 0.4) is 0 Å². The second kappa shape index (κ2) is 5.98. The van der Waals surface area contributed by atoms with Crippen LogP contribution in [0, 0.1) is 0 Å². The zero-order valence-corrected chi connectivity index (χ0v) is 13.8. The second-order valence-electron chi connectivity index (χ2n) is 4.76. The Balaban J connectivity index is 1.95. The third-order valence-corrected chi connectivity index (χ3v) is 4.67. The molecule has 2 heterocycles. The second-order valence-corrected chi connectivity index (χ2v) is 6.44. The van der Waals surface area contributed by atoms with E-state index in [1.807, 2.05) is 54.2 Å². The number of anilines is 1. The fourth-order valence-corrected chi connectivity index (χ4v) is 3.48. The molecule has 1 aliphatic heterocycles. The highest BCUT2D eigenvalue weighted by Crippen LogP contribution is 2.36. The third-order valence-electron chi connectivity index (χ3n) is 3.37. The zero-order valence-electron chi connectivity index (χ0n) is 12.1. The van der Waals surface area contributed by atoms with E-state index in [1.54, 1.807) is 13.2 Å². The highest BCUT2D eigenvalue weighted by Gasteiger charge is 2.33. The Labute approximate surface area is 138 Å². The smallest absolute Gasteiger partial charge is 0.270 e. The maximum Gasteiger partial charge on any atom is 0.270 e. The number of carbonyl (C=O) groups excluding carboxylic acids is 1. The Hall–Kier alpha value is -2.05. The van der Waals surface area contributed by atoms with Crippen molar-refractivity contribution in [3.8, 4) is 5.75 Å². The molecule has 22 heavy (non-hydrogen) atoms. The number of amides is 1. The molecule has 6 heteroatoms. The lowest BCUT2D eigenvalue weighted by Gasteiger charge is -2.15. The standard InChI is InChI=1S/C16H14N2O2S2/c1-17-8-4-6-11(17)10-14-15(19)18(16(21)22-14)12-5-3-7-13(9-12)20-2/h3-10H,1-2H3. The van der Waals surface area contributed by atoms with Gasteiger partial charge in [0.25, 0.3) is 5.91 Å². The number of rotatable bonds is 3. The summed E-state index contributed by atoms with van der Waals surface area (Å²) in [6.45, 7) is 0. The zero-order chi connectivity index (χ0) is 15.7. The number of nitrogens with zero attached hydrogens (tertiary/aromatic N) is 2. The normalized spacial score (nSPS) is 16.6. The summed E-state index contributed by atoms with van der Waals surface area (Å²) < 4.78 is 7.69. The first kappa shape index (κ1) is 14.9. The van der Waals surface area contributed by atoms with Gasteiger partial charge in [-0.3, -0.25) is 9.69 Å². The van der Waals surface area contributed by atoms with E-state index in [1.165, 1.54) is 16.7 Å². The molecule has 0 N–H and O–H groups in total. The number of hydrogen-bond acceptors (Lipinski definition) is 4. The molecule has 3 rings (SSSR count). The molecule has 1 aromatic carbocycles. The summed E-state index contributed by atoms with van der Waals surface area (Å²) in [6.07, 6.45) is 3.80. The van der Waals surface area contributed by atoms with Crippen LogP contribution in [0.5, 0.6) is 5.75 Å². The van der Waals surface area contributed by atoms with Crippen molar-refractivity contribution in [2.75, 3.05) is 12.0 Å². The van der Waals surface area contributed by atoms with Crippen molar-refractivity contribution in [3.63, 3.8) is 0 Å². The van der Waals surface area contributed by atoms with Crippen molar-refractivity contribution in [1.29, 1.82) is 0 Å². The van der Waals surface area contributed by atoms with E-state index in [0.717, 1.165) is 11.4 Å². The van der Waals surface area contributed by atoms with Crippen LogP contribution >= 0.6 is 24.0 Å². The number of hydrogen-bond donors (Lipinski definition) is 0. The minimum atomic E-state index is -0.107. The summed E-state index contributed by atoms with van der Waals surface area (Å²) >= 11 is 6.68. The molecule has 0 aliphatic carbocycles. The van der Waals surface area contributed by atoms with E-state index in [9.17, 15) is 4.79 Å². The van der Waals surface area contributed by atoms with Crippen molar-refractivity contribution >= 4 is 46.0 Å². The number of methoxy groups -OCH3 is 1. The summed E-state index contributed by atoms with van der Waals surface area (Å²) in [5.74, 6) is 0.586. The summed E-state index contributed by atoms with van der Waals surface area (Å²) in [7, 11) is 3.54. The highest BCUT2D eigenvalue weighted by molar-refractivity contribution is 8.27. The Morgan fingerprint density at radius 2 is 2.09 bits per heavy atom. The van der Waals surface area contributed by atoms with Gasteiger partial charge >= 0.3 is 0 Å². The molecule has 0 spiro atoms. The summed E-state index contributed by atoms with van der Waals surface area (Å²) in [4.78, 5) is 14.8. The van der Waals surface area contributed by atoms with E-state index >= 15 is 0 Å². The topological polar surface area (TPSA) is 34.5 Å². The molecule has 2 aromatic rings. The number of carbonyl (C=O) groups is 1. The first-order chi connectivity index (χ1) is 10.6. The fraction of sp³-hybridized carbons (Fsp3) is 0.125. The van der Waals surface area contributed by atoms with Gasteiger partial charge in [-0.2, -0.15) is 0 Å². The molecule has 0 unspecified atom stereocenters. The lowest BCUT2D eigenvalue weighted by molar-refractivity contribution is -0.113. The first-order valence-electron chi connectivity index (χ1n) is 6.63. The Kier molecular flexibility index (Phi) is 4.04. The van der Waals surface area contributed by atoms with Crippen molar-refractivity contribution in [2.24, 2.45) is 7.05 Å². The van der Waals surface area contributed by atoms with Crippen LogP contribution in [0.2, 0.25) is 0 Å². The van der Waals surface area contributed by atoms with E-state index in [-0.39, 0.29) is 5.91 Å². The largest absolute Gasteiger partial charge is 0.497 e. The van der Waals surface area contributed by atoms with E-state index in [2.05, 4.69) is 0 Å². The average Bonchev–Trinajstić information content (AvgIpc) is 3.03. The molecule has 1 saturated heterocycles. The van der Waals surface area contributed by atoms with Gasteiger partial charge in [-0.05, 0) is 30.3 Å². The van der Waals surface area contributed by atoms with Crippen LogP contribution in [-0.2, 0) is 11.8 Å². The van der Waals surface area contributed by atoms with Crippen LogP contribution < -0.4 is 9.64 Å². The molecule has 0 radical (unpaired) electrons. The van der Waals surface area contributed by atoms with Crippen LogP contribution in [-0.4, -0.2) is 21.9 Å². The molecule has 1 fully saturated rings. The van der Waals surface area contributed by atoms with Crippen molar-refractivity contribution in [3.05, 3.63) is 53.2 Å². The number of aromatic nitrogens is 1. The van der Waals surface area contributed by atoms with Crippen LogP contribution in [0.15, 0.2) is 47.5 Å². The Morgan fingerprint density at radius 1 is 1.27 bits per heavy atom. The number of ether oxygens (including phenoxy) is 1. The Morgan fingerprint density at radius 3 is 2.77 bits per heavy atom. The summed E-state index contributed by atoms with van der Waals surface area (Å²) in [5, 5.41) is 0. The lowest BCUT2D eigenvalue weighted by atomic mass is 10.2. The van der Waals surface area contributed by atoms with Crippen molar-refractivity contribution in [2.45, 2.75) is 0 Å². The van der Waals surface area contributed by atoms with Gasteiger partial charge in [0.05, 0.1) is 17.7 Å². The number of aryl methyl sites for hydroxylation is 1. The summed E-state index contributed by atoms with van der Waals surface area (Å²) in [6, 6.07) is 11.2. The van der Waals surface area contributed by atoms with E-state index in [0.29, 0.717) is 15.0 Å². The average molecular weight is 330 g/mol. The molecule has 0 atom stereocenters. The van der Waals surface area contributed by atoms with E-state index < -0.39 is 0 Å². The maximum atomic E-state index is 12.7. The summed E-state index contributed by atoms with van der Waals surface area (Å²) in [5.41, 5.74) is 1.68. The van der Waals surface area contributed by atoms with Crippen LogP contribution in [0.25, 0.3) is 6.08 Å². The highest BCUT2D eigenvalue weighted by atomic mass is 32.2. The van der Waals surface area contributed by atoms with Crippen LogP contribution in [0.1, 0.15) is 5.69 Å². The molecular formula is C16H14N2O2S2. The minimum Gasteiger partial charge on any atom is -0.497 e. The van der Waals surface area contributed by atoms with Gasteiger partial charge in [-0.25, -0.2) is 0 Å². The van der Waals surface area contributed by atoms with Gasteiger partial charge in [0, 0.05) is 25.0 Å². The van der Waals surface area contributed by atoms with E-state index in [4.69, 9.17) is 17.0 Å². The predicted molar refractivity (Wildman–Crippen MR) is 94.1 cm³/mol. The fourth-order valence-electron chi connectivity index (χ4n) is 2.20. The molecular weight excluding hydrogens is 316 g/mol. The van der Waals surface area contributed by atoms with Gasteiger partial charge in [0.2, 0.25) is 0 Å². The molecule has 0 bridgehead atoms. The molecule has 0 saturated carbocycles. The number of thiocarbonyl (C=S) groups is 1. The maximum absolute atomic E-state index is 12.7. The Bertz CT molecular complexity index is 780. The van der Waals surface area contributed by atoms with Gasteiger partial charge < -0.3 is 9.30 Å². The third kappa shape index (κ3) is 2.67. The molecule has 1 aromatic heterocycles. The van der Waals surface area contributed by atoms with Gasteiger partial charge in [-0.15, -0.1) is 0 Å². The number of thioether (sulfide) groups is 1. The molecule has 112 valence electrons. The lowest BCUT2D eigenvalue weighted by Crippen LogP contribution is -2.27. The van der Waals surface area contributed by atoms with Gasteiger partial charge in [-0.1, -0.05) is 30.0 Å². The monoisotopic (exact) mass is 330 g/mol. The first-order valence-corrected chi connectivity index (χ1v) is 7.86. The van der Waals surface area contributed by atoms with Gasteiger partial charge in [0.15, 0.2) is 4.32 Å². The van der Waals surface area contributed by atoms with Crippen LogP contribution in [0.4, 0.5) is 5.69 Å². The molecule has 1 aliphatic rings. The SMILES string of the molecule is COc1cccc(N2C(=O)C(=Cc3cccn3C)SC2=S)c1.